The topological polar surface area (TPSA) is 173 Å². The van der Waals surface area contributed by atoms with Gasteiger partial charge in [0.15, 0.2) is 0 Å². The van der Waals surface area contributed by atoms with E-state index in [9.17, 15) is 14.4 Å². The lowest BCUT2D eigenvalue weighted by Gasteiger charge is -2.09. The largest absolute Gasteiger partial charge is 0.480 e. The summed E-state index contributed by atoms with van der Waals surface area (Å²) in [6, 6.07) is 14.1. The molecule has 38 heavy (non-hydrogen) atoms. The summed E-state index contributed by atoms with van der Waals surface area (Å²) in [4.78, 5) is 44.0. The number of fused-ring (bicyclic) bond motifs is 1. The number of rotatable bonds is 6. The van der Waals surface area contributed by atoms with Crippen LogP contribution in [0.4, 0.5) is 0 Å². The summed E-state index contributed by atoms with van der Waals surface area (Å²) < 4.78 is 0. The Labute approximate surface area is 222 Å². The van der Waals surface area contributed by atoms with Gasteiger partial charge in [0.1, 0.15) is 6.04 Å². The molecule has 1 unspecified atom stereocenters. The molecule has 2 amide bonds. The Hall–Kier alpha value is -4.82. The normalized spacial score (nSPS) is 11.2. The number of hydrazine groups is 1. The number of nitrogens with zero attached hydrogens (tertiary/aromatic N) is 2. The van der Waals surface area contributed by atoms with Gasteiger partial charge in [-0.2, -0.15) is 0 Å². The van der Waals surface area contributed by atoms with Crippen LogP contribution in [0.25, 0.3) is 22.2 Å². The first-order valence-corrected chi connectivity index (χ1v) is 11.6. The molecule has 0 bridgehead atoms. The maximum absolute atomic E-state index is 12.3. The molecule has 4 rings (SSSR count). The molecule has 0 spiro atoms. The van der Waals surface area contributed by atoms with E-state index in [0.717, 1.165) is 5.56 Å². The number of halogens is 1. The predicted octanol–water partition coefficient (Wildman–Crippen LogP) is 2.10. The van der Waals surface area contributed by atoms with E-state index in [0.29, 0.717) is 33.3 Å². The molecule has 0 aliphatic heterocycles. The van der Waals surface area contributed by atoms with Gasteiger partial charge in [0.2, 0.25) is 0 Å². The standard InChI is InChI=1S/C27H21ClN6O4/c28-21-11-18(25(35)32-14-22(29)27(37)38)8-7-16(21)4-1-15-2-5-17(6-3-15)24-12-19(26(36)34-30)20-13-31-10-9-23(20)33-24/h2-3,5-13,22H,14,29-30H2,(H,32,35)(H,34,36)(H,37,38). The van der Waals surface area contributed by atoms with E-state index in [-0.39, 0.29) is 17.1 Å². The fourth-order valence-corrected chi connectivity index (χ4v) is 3.72. The summed E-state index contributed by atoms with van der Waals surface area (Å²) in [5, 5.41) is 12.1. The molecule has 190 valence electrons. The second-order valence-corrected chi connectivity index (χ2v) is 8.51. The second-order valence-electron chi connectivity index (χ2n) is 8.10. The minimum atomic E-state index is -1.21. The Morgan fingerprint density at radius 3 is 2.47 bits per heavy atom. The number of carboxylic acid groups (broad SMARTS) is 1. The molecule has 0 aliphatic carbocycles. The highest BCUT2D eigenvalue weighted by atomic mass is 35.5. The smallest absolute Gasteiger partial charge is 0.322 e. The summed E-state index contributed by atoms with van der Waals surface area (Å²) in [5.74, 6) is 9.19. The zero-order chi connectivity index (χ0) is 27.2. The molecule has 2 aromatic carbocycles. The van der Waals surface area contributed by atoms with E-state index in [4.69, 9.17) is 28.3 Å². The van der Waals surface area contributed by atoms with Gasteiger partial charge in [-0.1, -0.05) is 35.6 Å². The average molecular weight is 529 g/mol. The van der Waals surface area contributed by atoms with E-state index < -0.39 is 23.8 Å². The first kappa shape index (κ1) is 26.2. The van der Waals surface area contributed by atoms with Crippen molar-refractivity contribution >= 4 is 40.3 Å². The number of carbonyl (C=O) groups excluding carboxylic acids is 2. The second kappa shape index (κ2) is 11.5. The third-order valence-electron chi connectivity index (χ3n) is 5.54. The van der Waals surface area contributed by atoms with Crippen LogP contribution < -0.4 is 22.3 Å². The van der Waals surface area contributed by atoms with E-state index in [1.54, 1.807) is 30.6 Å². The SMILES string of the molecule is NNC(=O)c1cc(-c2ccc(C#Cc3ccc(C(=O)NCC(N)C(=O)O)cc3Cl)cc2)nc2ccncc12. The molecular formula is C27H21ClN6O4. The molecule has 7 N–H and O–H groups in total. The van der Waals surface area contributed by atoms with Crippen molar-refractivity contribution in [3.63, 3.8) is 0 Å². The van der Waals surface area contributed by atoms with Crippen LogP contribution in [0, 0.1) is 11.8 Å². The van der Waals surface area contributed by atoms with Gasteiger partial charge >= 0.3 is 5.97 Å². The van der Waals surface area contributed by atoms with Gasteiger partial charge in [-0.3, -0.25) is 24.8 Å². The fraction of sp³-hybridized carbons (Fsp3) is 0.0741. The van der Waals surface area contributed by atoms with E-state index >= 15 is 0 Å². The third-order valence-corrected chi connectivity index (χ3v) is 5.85. The minimum Gasteiger partial charge on any atom is -0.480 e. The van der Waals surface area contributed by atoms with Gasteiger partial charge in [-0.15, -0.1) is 0 Å². The van der Waals surface area contributed by atoms with Gasteiger partial charge in [0.05, 0.1) is 21.8 Å². The van der Waals surface area contributed by atoms with Crippen molar-refractivity contribution in [2.24, 2.45) is 11.6 Å². The Kier molecular flexibility index (Phi) is 7.94. The van der Waals surface area contributed by atoms with Crippen LogP contribution in [0.15, 0.2) is 67.0 Å². The van der Waals surface area contributed by atoms with Crippen LogP contribution in [0.5, 0.6) is 0 Å². The Morgan fingerprint density at radius 1 is 1.03 bits per heavy atom. The molecule has 10 nitrogen and oxygen atoms in total. The number of aromatic nitrogens is 2. The molecule has 0 fully saturated rings. The molecule has 11 heteroatoms. The fourth-order valence-electron chi connectivity index (χ4n) is 3.50. The van der Waals surface area contributed by atoms with Crippen LogP contribution in [-0.2, 0) is 4.79 Å². The monoisotopic (exact) mass is 528 g/mol. The summed E-state index contributed by atoms with van der Waals surface area (Å²) >= 11 is 6.30. The number of nitrogens with one attached hydrogen (secondary N) is 2. The van der Waals surface area contributed by atoms with E-state index in [1.807, 2.05) is 24.3 Å². The highest BCUT2D eigenvalue weighted by molar-refractivity contribution is 6.32. The minimum absolute atomic E-state index is 0.212. The van der Waals surface area contributed by atoms with Gasteiger partial charge in [0, 0.05) is 46.6 Å². The van der Waals surface area contributed by atoms with Gasteiger partial charge in [-0.25, -0.2) is 10.8 Å². The summed E-state index contributed by atoms with van der Waals surface area (Å²) in [5.41, 5.74) is 11.3. The van der Waals surface area contributed by atoms with Crippen molar-refractivity contribution in [1.29, 1.82) is 0 Å². The van der Waals surface area contributed by atoms with Crippen molar-refractivity contribution < 1.29 is 19.5 Å². The number of amides is 2. The number of hydrogen-bond acceptors (Lipinski definition) is 7. The number of carbonyl (C=O) groups is 3. The first-order valence-electron chi connectivity index (χ1n) is 11.2. The van der Waals surface area contributed by atoms with Crippen molar-refractivity contribution in [3.8, 4) is 23.1 Å². The number of hydrogen-bond donors (Lipinski definition) is 5. The van der Waals surface area contributed by atoms with Crippen LogP contribution >= 0.6 is 11.6 Å². The maximum Gasteiger partial charge on any atom is 0.322 e. The molecule has 2 heterocycles. The van der Waals surface area contributed by atoms with Crippen LogP contribution in [0.2, 0.25) is 5.02 Å². The molecular weight excluding hydrogens is 508 g/mol. The van der Waals surface area contributed by atoms with Crippen LogP contribution in [0.3, 0.4) is 0 Å². The number of benzene rings is 2. The number of nitrogens with two attached hydrogens (primary N) is 2. The summed E-state index contributed by atoms with van der Waals surface area (Å²) in [6.07, 6.45) is 3.16. The number of pyridine rings is 2. The highest BCUT2D eigenvalue weighted by Crippen LogP contribution is 2.25. The lowest BCUT2D eigenvalue weighted by molar-refractivity contribution is -0.138. The zero-order valence-electron chi connectivity index (χ0n) is 19.7. The Bertz CT molecular complexity index is 1610. The lowest BCUT2D eigenvalue weighted by atomic mass is 10.0. The summed E-state index contributed by atoms with van der Waals surface area (Å²) in [6.45, 7) is -0.212. The Balaban J connectivity index is 1.52. The Morgan fingerprint density at radius 2 is 1.79 bits per heavy atom. The van der Waals surface area contributed by atoms with Crippen molar-refractivity contribution in [2.45, 2.75) is 6.04 Å². The van der Waals surface area contributed by atoms with Crippen LogP contribution in [0.1, 0.15) is 31.8 Å². The average Bonchev–Trinajstić information content (AvgIpc) is 2.94. The number of aliphatic carboxylic acids is 1. The predicted molar refractivity (Wildman–Crippen MR) is 142 cm³/mol. The van der Waals surface area contributed by atoms with Crippen molar-refractivity contribution in [2.75, 3.05) is 6.54 Å². The van der Waals surface area contributed by atoms with Crippen molar-refractivity contribution in [1.82, 2.24) is 20.7 Å². The molecule has 4 aromatic rings. The van der Waals surface area contributed by atoms with Crippen molar-refractivity contribution in [3.05, 3.63) is 94.3 Å². The molecule has 0 aliphatic rings. The molecule has 0 saturated carbocycles. The van der Waals surface area contributed by atoms with Gasteiger partial charge in [0.25, 0.3) is 11.8 Å². The molecule has 0 radical (unpaired) electrons. The first-order chi connectivity index (χ1) is 18.3. The van der Waals surface area contributed by atoms with Gasteiger partial charge in [-0.05, 0) is 42.5 Å². The highest BCUT2D eigenvalue weighted by Gasteiger charge is 2.15. The van der Waals surface area contributed by atoms with Gasteiger partial charge < -0.3 is 16.2 Å². The van der Waals surface area contributed by atoms with E-state index in [1.165, 1.54) is 12.1 Å². The summed E-state index contributed by atoms with van der Waals surface area (Å²) in [7, 11) is 0. The number of carboxylic acids is 1. The lowest BCUT2D eigenvalue weighted by Crippen LogP contribution is -2.42. The van der Waals surface area contributed by atoms with Crippen LogP contribution in [-0.4, -0.2) is 45.4 Å². The molecule has 0 saturated heterocycles. The quantitative estimate of drug-likeness (QED) is 0.109. The zero-order valence-corrected chi connectivity index (χ0v) is 20.5. The van der Waals surface area contributed by atoms with E-state index in [2.05, 4.69) is 32.6 Å². The molecule has 2 aromatic heterocycles. The number of nitrogen functional groups attached to an aromatic ring is 1. The third kappa shape index (κ3) is 5.93. The molecule has 1 atom stereocenters. The maximum atomic E-state index is 12.3.